The summed E-state index contributed by atoms with van der Waals surface area (Å²) in [4.78, 5) is 14.5. The summed E-state index contributed by atoms with van der Waals surface area (Å²) >= 11 is 6.24. The fraction of sp³-hybridized carbons (Fsp3) is 0.286. The number of carbonyl (C=O) groups is 1. The number of likely N-dealkylation sites (tertiary alicyclic amines) is 1. The molecule has 0 unspecified atom stereocenters. The molecule has 1 N–H and O–H groups in total. The van der Waals surface area contributed by atoms with E-state index in [1.165, 1.54) is 12.8 Å². The van der Waals surface area contributed by atoms with Crippen LogP contribution in [0.5, 0.6) is 0 Å². The van der Waals surface area contributed by atoms with E-state index < -0.39 is 5.97 Å². The second-order valence-corrected chi connectivity index (χ2v) is 7.20. The average molecular weight is 369 g/mol. The monoisotopic (exact) mass is 368 g/mol. The van der Waals surface area contributed by atoms with E-state index in [0.29, 0.717) is 17.3 Å². The Morgan fingerprint density at radius 1 is 1.00 bits per heavy atom. The van der Waals surface area contributed by atoms with Gasteiger partial charge in [-0.1, -0.05) is 48.0 Å². The van der Waals surface area contributed by atoms with E-state index in [1.54, 1.807) is 6.07 Å². The summed E-state index contributed by atoms with van der Waals surface area (Å²) in [5, 5.41) is 12.2. The Labute approximate surface area is 157 Å². The van der Waals surface area contributed by atoms with Gasteiger partial charge in [0.05, 0.1) is 5.69 Å². The van der Waals surface area contributed by atoms with Gasteiger partial charge in [0.15, 0.2) is 0 Å². The summed E-state index contributed by atoms with van der Waals surface area (Å²) < 4.78 is 1.96. The summed E-state index contributed by atoms with van der Waals surface area (Å²) in [6, 6.07) is 15.4. The third-order valence-electron chi connectivity index (χ3n) is 5.12. The molecule has 0 amide bonds. The van der Waals surface area contributed by atoms with Gasteiger partial charge in [-0.15, -0.1) is 0 Å². The fourth-order valence-electron chi connectivity index (χ4n) is 3.93. The smallest absolute Gasteiger partial charge is 0.353 e. The molecule has 1 saturated heterocycles. The van der Waals surface area contributed by atoms with Crippen molar-refractivity contribution >= 4 is 28.3 Å². The Bertz CT molecular complexity index is 944. The molecule has 2 aromatic carbocycles. The number of fused-ring (bicyclic) bond motifs is 1. The highest BCUT2D eigenvalue weighted by atomic mass is 35.5. The number of halogens is 1. The second-order valence-electron chi connectivity index (χ2n) is 6.76. The zero-order valence-corrected chi connectivity index (χ0v) is 15.2. The van der Waals surface area contributed by atoms with E-state index in [9.17, 15) is 9.90 Å². The zero-order valence-electron chi connectivity index (χ0n) is 14.5. The highest BCUT2D eigenvalue weighted by Crippen LogP contribution is 2.36. The first-order valence-electron chi connectivity index (χ1n) is 8.98. The quantitative estimate of drug-likeness (QED) is 0.706. The molecule has 0 atom stereocenters. The van der Waals surface area contributed by atoms with E-state index in [1.807, 2.05) is 47.0 Å². The highest BCUT2D eigenvalue weighted by molar-refractivity contribution is 6.31. The number of hydrogen-bond acceptors (Lipinski definition) is 2. The predicted molar refractivity (Wildman–Crippen MR) is 105 cm³/mol. The van der Waals surface area contributed by atoms with Crippen molar-refractivity contribution in [1.82, 2.24) is 9.47 Å². The summed E-state index contributed by atoms with van der Waals surface area (Å²) in [6.07, 6.45) is 2.45. The number of rotatable bonds is 5. The van der Waals surface area contributed by atoms with Gasteiger partial charge in [0.1, 0.15) is 5.69 Å². The SMILES string of the molecule is O=C(O)c1c2ccc(Cl)cc2c(-c2ccccc2)n1CCN1CCCC1. The Balaban J connectivity index is 1.90. The second kappa shape index (κ2) is 7.14. The van der Waals surface area contributed by atoms with Gasteiger partial charge in [-0.2, -0.15) is 0 Å². The maximum atomic E-state index is 12.1. The Morgan fingerprint density at radius 2 is 1.73 bits per heavy atom. The van der Waals surface area contributed by atoms with E-state index >= 15 is 0 Å². The maximum absolute atomic E-state index is 12.1. The van der Waals surface area contributed by atoms with Crippen LogP contribution in [0, 0.1) is 0 Å². The van der Waals surface area contributed by atoms with Crippen molar-refractivity contribution < 1.29 is 9.90 Å². The van der Waals surface area contributed by atoms with Crippen molar-refractivity contribution in [1.29, 1.82) is 0 Å². The van der Waals surface area contributed by atoms with Gasteiger partial charge in [0, 0.05) is 28.9 Å². The lowest BCUT2D eigenvalue weighted by atomic mass is 10.1. The molecule has 4 nitrogen and oxygen atoms in total. The first-order chi connectivity index (χ1) is 12.6. The number of hydrogen-bond donors (Lipinski definition) is 1. The van der Waals surface area contributed by atoms with Crippen molar-refractivity contribution in [3.05, 3.63) is 59.2 Å². The third-order valence-corrected chi connectivity index (χ3v) is 5.36. The van der Waals surface area contributed by atoms with Gasteiger partial charge in [-0.25, -0.2) is 4.79 Å². The molecule has 1 fully saturated rings. The number of aromatic nitrogens is 1. The van der Waals surface area contributed by atoms with Crippen molar-refractivity contribution in [2.24, 2.45) is 0 Å². The van der Waals surface area contributed by atoms with Crippen LogP contribution in [0.15, 0.2) is 48.5 Å². The lowest BCUT2D eigenvalue weighted by Crippen LogP contribution is -2.25. The largest absolute Gasteiger partial charge is 0.477 e. The average Bonchev–Trinajstić information content (AvgIpc) is 3.25. The molecule has 1 aliphatic heterocycles. The van der Waals surface area contributed by atoms with Crippen molar-refractivity contribution in [2.45, 2.75) is 19.4 Å². The van der Waals surface area contributed by atoms with Crippen LogP contribution in [0.4, 0.5) is 0 Å². The van der Waals surface area contributed by atoms with Crippen LogP contribution in [0.1, 0.15) is 23.3 Å². The van der Waals surface area contributed by atoms with Gasteiger partial charge in [0.2, 0.25) is 0 Å². The number of nitrogens with zero attached hydrogens (tertiary/aromatic N) is 2. The van der Waals surface area contributed by atoms with Gasteiger partial charge < -0.3 is 14.6 Å². The minimum Gasteiger partial charge on any atom is -0.477 e. The first kappa shape index (κ1) is 17.1. The van der Waals surface area contributed by atoms with Crippen LogP contribution >= 0.6 is 11.6 Å². The van der Waals surface area contributed by atoms with Crippen LogP contribution in [0.25, 0.3) is 22.0 Å². The van der Waals surface area contributed by atoms with E-state index in [2.05, 4.69) is 4.90 Å². The molecule has 1 aliphatic rings. The molecule has 0 spiro atoms. The van der Waals surface area contributed by atoms with Crippen LogP contribution in [0.3, 0.4) is 0 Å². The Kier molecular flexibility index (Phi) is 4.70. The van der Waals surface area contributed by atoms with E-state index in [-0.39, 0.29) is 0 Å². The molecule has 134 valence electrons. The van der Waals surface area contributed by atoms with Gasteiger partial charge in [-0.3, -0.25) is 0 Å². The number of benzene rings is 2. The Morgan fingerprint density at radius 3 is 2.42 bits per heavy atom. The molecule has 2 heterocycles. The summed E-state index contributed by atoms with van der Waals surface area (Å²) in [7, 11) is 0. The molecule has 0 saturated carbocycles. The number of carboxylic acid groups (broad SMARTS) is 1. The van der Waals surface area contributed by atoms with Gasteiger partial charge >= 0.3 is 5.97 Å². The van der Waals surface area contributed by atoms with Crippen molar-refractivity contribution in [2.75, 3.05) is 19.6 Å². The van der Waals surface area contributed by atoms with Gasteiger partial charge in [-0.05, 0) is 43.6 Å². The normalized spacial score (nSPS) is 15.0. The minimum absolute atomic E-state index is 0.342. The molecule has 0 aliphatic carbocycles. The lowest BCUT2D eigenvalue weighted by Gasteiger charge is -2.18. The maximum Gasteiger partial charge on any atom is 0.353 e. The van der Waals surface area contributed by atoms with Crippen molar-refractivity contribution in [3.63, 3.8) is 0 Å². The van der Waals surface area contributed by atoms with Crippen LogP contribution in [-0.4, -0.2) is 40.2 Å². The van der Waals surface area contributed by atoms with E-state index in [0.717, 1.165) is 41.7 Å². The van der Waals surface area contributed by atoms with Crippen LogP contribution in [0.2, 0.25) is 5.02 Å². The molecule has 26 heavy (non-hydrogen) atoms. The predicted octanol–water partition coefficient (Wildman–Crippen LogP) is 4.76. The van der Waals surface area contributed by atoms with Crippen LogP contribution < -0.4 is 0 Å². The molecular formula is C21H21ClN2O2. The molecule has 5 heteroatoms. The summed E-state index contributed by atoms with van der Waals surface area (Å²) in [5.41, 5.74) is 2.28. The molecule has 0 radical (unpaired) electrons. The fourth-order valence-corrected chi connectivity index (χ4v) is 4.10. The lowest BCUT2D eigenvalue weighted by molar-refractivity contribution is 0.0687. The molecule has 0 bridgehead atoms. The first-order valence-corrected chi connectivity index (χ1v) is 9.36. The van der Waals surface area contributed by atoms with Crippen LogP contribution in [-0.2, 0) is 6.54 Å². The highest BCUT2D eigenvalue weighted by Gasteiger charge is 2.23. The van der Waals surface area contributed by atoms with Crippen molar-refractivity contribution in [3.8, 4) is 11.3 Å². The zero-order chi connectivity index (χ0) is 18.1. The standard InChI is InChI=1S/C21H21ClN2O2/c22-16-8-9-17-18(14-16)19(15-6-2-1-3-7-15)24(20(17)21(25)26)13-12-23-10-4-5-11-23/h1-3,6-9,14H,4-5,10-13H2,(H,25,26). The Hall–Kier alpha value is -2.30. The number of aromatic carboxylic acids is 1. The molecular weight excluding hydrogens is 348 g/mol. The molecule has 4 rings (SSSR count). The molecule has 3 aromatic rings. The minimum atomic E-state index is -0.902. The summed E-state index contributed by atoms with van der Waals surface area (Å²) in [6.45, 7) is 3.69. The third kappa shape index (κ3) is 3.11. The van der Waals surface area contributed by atoms with Gasteiger partial charge in [0.25, 0.3) is 0 Å². The topological polar surface area (TPSA) is 45.5 Å². The van der Waals surface area contributed by atoms with E-state index in [4.69, 9.17) is 11.6 Å². The summed E-state index contributed by atoms with van der Waals surface area (Å²) in [5.74, 6) is -0.902. The molecule has 1 aromatic heterocycles. The number of carboxylic acids is 1.